The number of amides is 1. The minimum absolute atomic E-state index is 0.387. The summed E-state index contributed by atoms with van der Waals surface area (Å²) in [6.45, 7) is 6.68. The van der Waals surface area contributed by atoms with Gasteiger partial charge in [-0.3, -0.25) is 0 Å². The maximum Gasteiger partial charge on any atom is 0.410 e. The fraction of sp³-hybridized carbons (Fsp3) is 0.500. The number of ether oxygens (including phenoxy) is 1. The number of benzene rings is 1. The van der Waals surface area contributed by atoms with E-state index in [0.717, 1.165) is 5.56 Å². The topological polar surface area (TPSA) is 49.8 Å². The van der Waals surface area contributed by atoms with Gasteiger partial charge in [-0.25, -0.2) is 4.79 Å². The normalized spacial score (nSPS) is 13.8. The maximum atomic E-state index is 11.7. The van der Waals surface area contributed by atoms with E-state index in [1.54, 1.807) is 11.8 Å². The third kappa shape index (κ3) is 3.74. The van der Waals surface area contributed by atoms with Crippen molar-refractivity contribution in [1.29, 1.82) is 0 Å². The first-order chi connectivity index (χ1) is 8.60. The molecule has 0 radical (unpaired) electrons. The van der Waals surface area contributed by atoms with Crippen LogP contribution >= 0.6 is 0 Å². The zero-order valence-corrected chi connectivity index (χ0v) is 11.2. The van der Waals surface area contributed by atoms with E-state index in [1.807, 2.05) is 44.2 Å². The maximum absolute atomic E-state index is 11.7. The number of aliphatic hydroxyl groups excluding tert-OH is 1. The Morgan fingerprint density at radius 1 is 1.28 bits per heavy atom. The van der Waals surface area contributed by atoms with Gasteiger partial charge in [0.15, 0.2) is 0 Å². The van der Waals surface area contributed by atoms with Crippen LogP contribution in [0.5, 0.6) is 0 Å². The molecule has 4 nitrogen and oxygen atoms in total. The fourth-order valence-electron chi connectivity index (χ4n) is 1.70. The molecule has 1 amide bonds. The zero-order chi connectivity index (χ0) is 13.5. The van der Waals surface area contributed by atoms with Crippen molar-refractivity contribution in [1.82, 2.24) is 4.90 Å². The van der Waals surface area contributed by atoms with E-state index in [2.05, 4.69) is 0 Å². The molecule has 100 valence electrons. The van der Waals surface area contributed by atoms with Gasteiger partial charge in [0.05, 0.1) is 0 Å². The van der Waals surface area contributed by atoms with Gasteiger partial charge in [-0.2, -0.15) is 0 Å². The van der Waals surface area contributed by atoms with Crippen molar-refractivity contribution < 1.29 is 14.6 Å². The third-order valence-electron chi connectivity index (χ3n) is 2.89. The summed E-state index contributed by atoms with van der Waals surface area (Å²) in [5.74, 6) is 0. The molecule has 1 aromatic rings. The van der Waals surface area contributed by atoms with Crippen molar-refractivity contribution in [2.24, 2.45) is 0 Å². The molecule has 0 aliphatic carbocycles. The molecule has 0 aliphatic rings. The van der Waals surface area contributed by atoms with E-state index in [-0.39, 0.29) is 6.09 Å². The molecule has 0 spiro atoms. The van der Waals surface area contributed by atoms with Crippen molar-refractivity contribution in [2.75, 3.05) is 13.1 Å². The van der Waals surface area contributed by atoms with Gasteiger partial charge in [0.2, 0.25) is 0 Å². The quantitative estimate of drug-likeness (QED) is 0.875. The Hall–Kier alpha value is -1.55. The molecule has 18 heavy (non-hydrogen) atoms. The molecule has 4 heteroatoms. The van der Waals surface area contributed by atoms with Crippen molar-refractivity contribution in [3.8, 4) is 0 Å². The molecule has 2 atom stereocenters. The van der Waals surface area contributed by atoms with Crippen molar-refractivity contribution in [3.63, 3.8) is 0 Å². The fourth-order valence-corrected chi connectivity index (χ4v) is 1.70. The molecule has 1 rings (SSSR count). The zero-order valence-electron chi connectivity index (χ0n) is 11.2. The highest BCUT2D eigenvalue weighted by molar-refractivity contribution is 5.67. The van der Waals surface area contributed by atoms with Crippen LogP contribution in [0.3, 0.4) is 0 Å². The summed E-state index contributed by atoms with van der Waals surface area (Å²) in [6.07, 6.45) is -1.76. The Kier molecular flexibility index (Phi) is 5.65. The smallest absolute Gasteiger partial charge is 0.410 e. The summed E-state index contributed by atoms with van der Waals surface area (Å²) in [7, 11) is 0. The van der Waals surface area contributed by atoms with E-state index in [0.29, 0.717) is 13.1 Å². The average Bonchev–Trinajstić information content (AvgIpc) is 2.40. The van der Waals surface area contributed by atoms with Gasteiger partial charge < -0.3 is 14.7 Å². The van der Waals surface area contributed by atoms with Gasteiger partial charge >= 0.3 is 6.09 Å². The highest BCUT2D eigenvalue weighted by Gasteiger charge is 2.22. The number of rotatable bonds is 5. The average molecular weight is 251 g/mol. The molecule has 0 aliphatic heterocycles. The van der Waals surface area contributed by atoms with E-state index in [4.69, 9.17) is 4.74 Å². The highest BCUT2D eigenvalue weighted by atomic mass is 16.6. The lowest BCUT2D eigenvalue weighted by atomic mass is 10.1. The number of nitrogens with zero attached hydrogens (tertiary/aromatic N) is 1. The van der Waals surface area contributed by atoms with Crippen LogP contribution in [0.2, 0.25) is 0 Å². The Balaban J connectivity index is 2.60. The summed E-state index contributed by atoms with van der Waals surface area (Å²) in [5.41, 5.74) is 0.748. The summed E-state index contributed by atoms with van der Waals surface area (Å²) in [6, 6.07) is 9.19. The lowest BCUT2D eigenvalue weighted by molar-refractivity contribution is -0.00246. The Morgan fingerprint density at radius 2 is 1.83 bits per heavy atom. The minimum Gasteiger partial charge on any atom is -0.443 e. The molecule has 0 bridgehead atoms. The Labute approximate surface area is 108 Å². The van der Waals surface area contributed by atoms with Crippen LogP contribution in [0, 0.1) is 0 Å². The van der Waals surface area contributed by atoms with Crippen LogP contribution in [0.25, 0.3) is 0 Å². The van der Waals surface area contributed by atoms with Gasteiger partial charge in [0.25, 0.3) is 0 Å². The third-order valence-corrected chi connectivity index (χ3v) is 2.89. The van der Waals surface area contributed by atoms with Crippen LogP contribution < -0.4 is 0 Å². The first-order valence-electron chi connectivity index (χ1n) is 6.28. The van der Waals surface area contributed by atoms with E-state index in [9.17, 15) is 9.90 Å². The molecule has 0 saturated heterocycles. The molecule has 1 aromatic carbocycles. The lowest BCUT2D eigenvalue weighted by Crippen LogP contribution is -2.35. The molecular weight excluding hydrogens is 230 g/mol. The molecule has 0 unspecified atom stereocenters. The van der Waals surface area contributed by atoms with Crippen LogP contribution in [-0.2, 0) is 4.74 Å². The molecule has 0 saturated carbocycles. The molecule has 1 N–H and O–H groups in total. The van der Waals surface area contributed by atoms with Crippen molar-refractivity contribution in [2.45, 2.75) is 33.0 Å². The first kappa shape index (κ1) is 14.5. The molecular formula is C14H21NO3. The predicted molar refractivity (Wildman–Crippen MR) is 70.3 cm³/mol. The minimum atomic E-state index is -0.800. The second-order valence-electron chi connectivity index (χ2n) is 4.12. The SMILES string of the molecule is CCN(CC)C(=O)O[C@@H](C)[C@H](O)c1ccccc1. The molecule has 0 aromatic heterocycles. The monoisotopic (exact) mass is 251 g/mol. The van der Waals surface area contributed by atoms with Crippen LogP contribution in [0.15, 0.2) is 30.3 Å². The molecule has 0 heterocycles. The summed E-state index contributed by atoms with van der Waals surface area (Å²) < 4.78 is 5.25. The molecule has 0 fully saturated rings. The van der Waals surface area contributed by atoms with Crippen LogP contribution in [0.4, 0.5) is 4.79 Å². The standard InChI is InChI=1S/C14H21NO3/c1-4-15(5-2)14(17)18-11(3)13(16)12-9-7-6-8-10-12/h6-11,13,16H,4-5H2,1-3H3/t11-,13-/m0/s1. The summed E-state index contributed by atoms with van der Waals surface area (Å²) in [4.78, 5) is 13.3. The number of hydrogen-bond acceptors (Lipinski definition) is 3. The van der Waals surface area contributed by atoms with Crippen LogP contribution in [0.1, 0.15) is 32.4 Å². The highest BCUT2D eigenvalue weighted by Crippen LogP contribution is 2.19. The Morgan fingerprint density at radius 3 is 2.33 bits per heavy atom. The van der Waals surface area contributed by atoms with Gasteiger partial charge in [-0.15, -0.1) is 0 Å². The second-order valence-corrected chi connectivity index (χ2v) is 4.12. The predicted octanol–water partition coefficient (Wildman–Crippen LogP) is 2.59. The van der Waals surface area contributed by atoms with Gasteiger partial charge in [0.1, 0.15) is 12.2 Å². The lowest BCUT2D eigenvalue weighted by Gasteiger charge is -2.24. The number of hydrogen-bond donors (Lipinski definition) is 1. The Bertz CT molecular complexity index is 363. The number of carbonyl (C=O) groups excluding carboxylic acids is 1. The number of aliphatic hydroxyl groups is 1. The largest absolute Gasteiger partial charge is 0.443 e. The summed E-state index contributed by atoms with van der Waals surface area (Å²) >= 11 is 0. The van der Waals surface area contributed by atoms with Crippen molar-refractivity contribution in [3.05, 3.63) is 35.9 Å². The first-order valence-corrected chi connectivity index (χ1v) is 6.28. The van der Waals surface area contributed by atoms with Crippen LogP contribution in [-0.4, -0.2) is 35.3 Å². The van der Waals surface area contributed by atoms with Crippen molar-refractivity contribution >= 4 is 6.09 Å². The van der Waals surface area contributed by atoms with E-state index in [1.165, 1.54) is 0 Å². The second kappa shape index (κ2) is 7.01. The van der Waals surface area contributed by atoms with Gasteiger partial charge in [-0.1, -0.05) is 30.3 Å². The van der Waals surface area contributed by atoms with Gasteiger partial charge in [0, 0.05) is 13.1 Å². The van der Waals surface area contributed by atoms with E-state index >= 15 is 0 Å². The van der Waals surface area contributed by atoms with Gasteiger partial charge in [-0.05, 0) is 26.3 Å². The number of carbonyl (C=O) groups is 1. The summed E-state index contributed by atoms with van der Waals surface area (Å²) in [5, 5.41) is 10.1. The van der Waals surface area contributed by atoms with E-state index < -0.39 is 12.2 Å².